The van der Waals surface area contributed by atoms with Gasteiger partial charge in [0.15, 0.2) is 3.42 Å². The molecule has 4 nitrogen and oxygen atoms in total. The Morgan fingerprint density at radius 1 is 1.05 bits per heavy atom. The van der Waals surface area contributed by atoms with Crippen molar-refractivity contribution in [2.24, 2.45) is 17.3 Å². The molecule has 0 heterocycles. The van der Waals surface area contributed by atoms with Gasteiger partial charge >= 0.3 is 7.82 Å². The summed E-state index contributed by atoms with van der Waals surface area (Å²) >= 11 is 12.7. The number of phosphoric acid groups is 1. The standard InChI is InChI=1S/C13H26Br2ClO4P/c1-10(2)7-18-21(17,19-8-11(3)4)20-13(14,15)12(5,6)9-16/h10-11H,7-9H2,1-6H3. The highest BCUT2D eigenvalue weighted by Gasteiger charge is 2.48. The summed E-state index contributed by atoms with van der Waals surface area (Å²) in [7, 11) is -3.71. The second-order valence-electron chi connectivity index (χ2n) is 6.45. The van der Waals surface area contributed by atoms with E-state index < -0.39 is 16.7 Å². The average molecular weight is 473 g/mol. The van der Waals surface area contributed by atoms with E-state index in [-0.39, 0.29) is 30.9 Å². The minimum atomic E-state index is -3.71. The fourth-order valence-corrected chi connectivity index (χ4v) is 4.44. The molecular formula is C13H26Br2ClO4P. The van der Waals surface area contributed by atoms with Gasteiger partial charge in [0.25, 0.3) is 0 Å². The summed E-state index contributed by atoms with van der Waals surface area (Å²) in [6.07, 6.45) is 0. The summed E-state index contributed by atoms with van der Waals surface area (Å²) in [4.78, 5) is 0. The van der Waals surface area contributed by atoms with Crippen LogP contribution in [0.15, 0.2) is 0 Å². The summed E-state index contributed by atoms with van der Waals surface area (Å²) < 4.78 is 28.2. The van der Waals surface area contributed by atoms with Gasteiger partial charge in [-0.05, 0) is 43.7 Å². The molecule has 0 unspecified atom stereocenters. The molecule has 0 atom stereocenters. The number of alkyl halides is 3. The van der Waals surface area contributed by atoms with E-state index in [1.54, 1.807) is 0 Å². The molecule has 0 saturated carbocycles. The predicted octanol–water partition coefficient (Wildman–Crippen LogP) is 6.16. The molecule has 0 amide bonds. The van der Waals surface area contributed by atoms with Crippen LogP contribution in [0.1, 0.15) is 41.5 Å². The van der Waals surface area contributed by atoms with Crippen LogP contribution in [-0.4, -0.2) is 22.5 Å². The maximum absolute atomic E-state index is 12.8. The monoisotopic (exact) mass is 470 g/mol. The number of hydrogen-bond acceptors (Lipinski definition) is 4. The molecule has 0 spiro atoms. The zero-order valence-corrected chi connectivity index (χ0v) is 18.3. The van der Waals surface area contributed by atoms with Crippen LogP contribution >= 0.6 is 51.3 Å². The lowest BCUT2D eigenvalue weighted by molar-refractivity contribution is 0.0522. The highest BCUT2D eigenvalue weighted by Crippen LogP contribution is 2.60. The van der Waals surface area contributed by atoms with Gasteiger partial charge in [-0.3, -0.25) is 13.6 Å². The van der Waals surface area contributed by atoms with Crippen molar-refractivity contribution in [3.05, 3.63) is 0 Å². The van der Waals surface area contributed by atoms with Crippen molar-refractivity contribution in [3.8, 4) is 0 Å². The molecule has 0 saturated heterocycles. The Kier molecular flexibility index (Phi) is 9.59. The number of phosphoric ester groups is 1. The van der Waals surface area contributed by atoms with Crippen LogP contribution < -0.4 is 0 Å². The third-order valence-corrected chi connectivity index (χ3v) is 7.55. The van der Waals surface area contributed by atoms with Crippen molar-refractivity contribution in [1.82, 2.24) is 0 Å². The molecule has 128 valence electrons. The smallest absolute Gasteiger partial charge is 0.287 e. The number of hydrogen-bond donors (Lipinski definition) is 0. The maximum atomic E-state index is 12.8. The molecule has 0 aliphatic carbocycles. The minimum Gasteiger partial charge on any atom is -0.287 e. The lowest BCUT2D eigenvalue weighted by Crippen LogP contribution is -2.37. The Hall–Kier alpha value is 1.36. The van der Waals surface area contributed by atoms with Crippen LogP contribution in [0.5, 0.6) is 0 Å². The second kappa shape index (κ2) is 9.00. The fraction of sp³-hybridized carbons (Fsp3) is 1.00. The molecule has 0 rings (SSSR count). The SMILES string of the molecule is CC(C)COP(=O)(OCC(C)C)OC(Br)(Br)C(C)(C)CCl. The van der Waals surface area contributed by atoms with Gasteiger partial charge in [-0.15, -0.1) is 11.6 Å². The van der Waals surface area contributed by atoms with Gasteiger partial charge < -0.3 is 0 Å². The maximum Gasteiger partial charge on any atom is 0.476 e. The van der Waals surface area contributed by atoms with Gasteiger partial charge in [0, 0.05) is 11.3 Å². The molecule has 0 radical (unpaired) electrons. The van der Waals surface area contributed by atoms with Crippen LogP contribution in [0.2, 0.25) is 0 Å². The van der Waals surface area contributed by atoms with E-state index in [2.05, 4.69) is 31.9 Å². The summed E-state index contributed by atoms with van der Waals surface area (Å²) in [5.41, 5.74) is -0.535. The molecule has 0 aromatic rings. The first-order valence-corrected chi connectivity index (χ1v) is 10.5. The topological polar surface area (TPSA) is 44.8 Å². The summed E-state index contributed by atoms with van der Waals surface area (Å²) in [5.74, 6) is 0.717. The van der Waals surface area contributed by atoms with Crippen molar-refractivity contribution in [3.63, 3.8) is 0 Å². The minimum absolute atomic E-state index is 0.214. The molecule has 0 aliphatic rings. The first-order chi connectivity index (χ1) is 9.35. The fourth-order valence-electron chi connectivity index (χ4n) is 0.912. The largest absolute Gasteiger partial charge is 0.476 e. The molecule has 0 fully saturated rings. The molecule has 0 aromatic carbocycles. The Balaban J connectivity index is 5.08. The molecule has 0 aromatic heterocycles. The van der Waals surface area contributed by atoms with E-state index in [0.29, 0.717) is 0 Å². The lowest BCUT2D eigenvalue weighted by Gasteiger charge is -2.37. The molecule has 8 heteroatoms. The van der Waals surface area contributed by atoms with E-state index in [1.807, 2.05) is 41.5 Å². The first-order valence-electron chi connectivity index (χ1n) is 6.89. The number of halogens is 3. The Bertz CT molecular complexity index is 346. The highest BCUT2D eigenvalue weighted by molar-refractivity contribution is 9.25. The van der Waals surface area contributed by atoms with Crippen molar-refractivity contribution in [1.29, 1.82) is 0 Å². The van der Waals surface area contributed by atoms with Crippen molar-refractivity contribution >= 4 is 51.3 Å². The third-order valence-electron chi connectivity index (χ3n) is 2.48. The zero-order chi connectivity index (χ0) is 16.9. The lowest BCUT2D eigenvalue weighted by atomic mass is 9.98. The molecule has 21 heavy (non-hydrogen) atoms. The van der Waals surface area contributed by atoms with Crippen molar-refractivity contribution < 1.29 is 18.1 Å². The second-order valence-corrected chi connectivity index (χ2v) is 11.6. The molecule has 0 aliphatic heterocycles. The molecule has 0 bridgehead atoms. The van der Waals surface area contributed by atoms with Crippen LogP contribution in [0.3, 0.4) is 0 Å². The van der Waals surface area contributed by atoms with Crippen LogP contribution in [-0.2, 0) is 18.1 Å². The summed E-state index contributed by atoms with van der Waals surface area (Å²) in [6.45, 7) is 12.2. The first kappa shape index (κ1) is 22.4. The van der Waals surface area contributed by atoms with Gasteiger partial charge in [0.2, 0.25) is 0 Å². The normalized spacial score (nSPS) is 14.2. The Morgan fingerprint density at radius 2 is 1.43 bits per heavy atom. The molecule has 0 N–H and O–H groups in total. The van der Waals surface area contributed by atoms with Gasteiger partial charge in [-0.1, -0.05) is 41.5 Å². The van der Waals surface area contributed by atoms with Gasteiger partial charge in [0.05, 0.1) is 13.2 Å². The zero-order valence-electron chi connectivity index (χ0n) is 13.5. The van der Waals surface area contributed by atoms with Crippen LogP contribution in [0.4, 0.5) is 0 Å². The average Bonchev–Trinajstić information content (AvgIpc) is 2.33. The molecular weight excluding hydrogens is 446 g/mol. The Morgan fingerprint density at radius 3 is 1.71 bits per heavy atom. The van der Waals surface area contributed by atoms with Crippen molar-refractivity contribution in [2.75, 3.05) is 19.1 Å². The quantitative estimate of drug-likeness (QED) is 0.282. The summed E-state index contributed by atoms with van der Waals surface area (Å²) in [5, 5.41) is 0. The van der Waals surface area contributed by atoms with Crippen LogP contribution in [0, 0.1) is 17.3 Å². The highest BCUT2D eigenvalue weighted by atomic mass is 79.9. The van der Waals surface area contributed by atoms with Gasteiger partial charge in [-0.2, -0.15) is 0 Å². The summed E-state index contributed by atoms with van der Waals surface area (Å²) in [6, 6.07) is 0. The Labute approximate surface area is 150 Å². The van der Waals surface area contributed by atoms with E-state index in [9.17, 15) is 4.57 Å². The van der Waals surface area contributed by atoms with E-state index >= 15 is 0 Å². The number of rotatable bonds is 10. The van der Waals surface area contributed by atoms with Gasteiger partial charge in [0.1, 0.15) is 0 Å². The van der Waals surface area contributed by atoms with Crippen LogP contribution in [0.25, 0.3) is 0 Å². The van der Waals surface area contributed by atoms with Gasteiger partial charge in [-0.25, -0.2) is 4.57 Å². The predicted molar refractivity (Wildman–Crippen MR) is 95.4 cm³/mol. The van der Waals surface area contributed by atoms with E-state index in [1.165, 1.54) is 0 Å². The van der Waals surface area contributed by atoms with Crippen molar-refractivity contribution in [2.45, 2.75) is 45.0 Å². The third kappa shape index (κ3) is 8.14. The van der Waals surface area contributed by atoms with E-state index in [0.717, 1.165) is 0 Å². The van der Waals surface area contributed by atoms with E-state index in [4.69, 9.17) is 25.2 Å².